The van der Waals surface area contributed by atoms with Gasteiger partial charge in [0.05, 0.1) is 5.56 Å². The Kier molecular flexibility index (Phi) is 4.33. The average Bonchev–Trinajstić information content (AvgIpc) is 3.03. The lowest BCUT2D eigenvalue weighted by Gasteiger charge is -2.13. The zero-order valence-corrected chi connectivity index (χ0v) is 12.7. The summed E-state index contributed by atoms with van der Waals surface area (Å²) in [4.78, 5) is 24.0. The quantitative estimate of drug-likeness (QED) is 0.872. The molecule has 0 saturated carbocycles. The number of esters is 1. The fourth-order valence-electron chi connectivity index (χ4n) is 2.09. The summed E-state index contributed by atoms with van der Waals surface area (Å²) in [5, 5.41) is 2.63. The number of carbonyl (C=O) groups excluding carboxylic acids is 2. The molecule has 0 fully saturated rings. The number of hydrogen-bond donors (Lipinski definition) is 1. The second kappa shape index (κ2) is 6.57. The summed E-state index contributed by atoms with van der Waals surface area (Å²) in [6, 6.07) is 9.82. The van der Waals surface area contributed by atoms with Gasteiger partial charge in [-0.05, 0) is 43.3 Å². The van der Waals surface area contributed by atoms with Crippen LogP contribution in [0.15, 0.2) is 42.5 Å². The minimum absolute atomic E-state index is 0.137. The molecule has 0 aromatic heterocycles. The second-order valence-electron chi connectivity index (χ2n) is 5.11. The molecule has 24 heavy (non-hydrogen) atoms. The van der Waals surface area contributed by atoms with Crippen LogP contribution in [0, 0.1) is 5.82 Å². The molecule has 1 aliphatic rings. The zero-order chi connectivity index (χ0) is 17.1. The van der Waals surface area contributed by atoms with Crippen LogP contribution < -0.4 is 14.8 Å². The lowest BCUT2D eigenvalue weighted by Crippen LogP contribution is -2.30. The van der Waals surface area contributed by atoms with Gasteiger partial charge in [-0.1, -0.05) is 0 Å². The Hall–Kier alpha value is -3.09. The highest BCUT2D eigenvalue weighted by atomic mass is 19.1. The van der Waals surface area contributed by atoms with Gasteiger partial charge in [0.15, 0.2) is 17.6 Å². The van der Waals surface area contributed by atoms with E-state index in [0.29, 0.717) is 17.2 Å². The van der Waals surface area contributed by atoms with Crippen LogP contribution in [0.5, 0.6) is 11.5 Å². The number of rotatable bonds is 4. The topological polar surface area (TPSA) is 73.9 Å². The number of nitrogens with one attached hydrogen (secondary N) is 1. The smallest absolute Gasteiger partial charge is 0.338 e. The minimum Gasteiger partial charge on any atom is -0.454 e. The van der Waals surface area contributed by atoms with Crippen LogP contribution in [-0.4, -0.2) is 24.8 Å². The van der Waals surface area contributed by atoms with Gasteiger partial charge in [-0.15, -0.1) is 0 Å². The average molecular weight is 331 g/mol. The van der Waals surface area contributed by atoms with Crippen LogP contribution in [-0.2, 0) is 9.53 Å². The van der Waals surface area contributed by atoms with Gasteiger partial charge in [-0.2, -0.15) is 0 Å². The van der Waals surface area contributed by atoms with E-state index in [0.717, 1.165) is 12.1 Å². The molecule has 2 aromatic rings. The third-order valence-corrected chi connectivity index (χ3v) is 3.37. The fraction of sp³-hybridized carbons (Fsp3) is 0.176. The van der Waals surface area contributed by atoms with Crippen molar-refractivity contribution in [2.75, 3.05) is 12.1 Å². The number of halogens is 1. The van der Waals surface area contributed by atoms with Gasteiger partial charge in [0.25, 0.3) is 5.91 Å². The highest BCUT2D eigenvalue weighted by Crippen LogP contribution is 2.34. The van der Waals surface area contributed by atoms with E-state index in [1.807, 2.05) is 0 Å². The molecule has 0 saturated heterocycles. The van der Waals surface area contributed by atoms with Crippen LogP contribution in [0.2, 0.25) is 0 Å². The van der Waals surface area contributed by atoms with Crippen molar-refractivity contribution in [3.05, 3.63) is 53.8 Å². The van der Waals surface area contributed by atoms with Crippen LogP contribution in [0.1, 0.15) is 17.3 Å². The Morgan fingerprint density at radius 2 is 1.83 bits per heavy atom. The van der Waals surface area contributed by atoms with Gasteiger partial charge in [-0.25, -0.2) is 9.18 Å². The summed E-state index contributed by atoms with van der Waals surface area (Å²) >= 11 is 0. The van der Waals surface area contributed by atoms with Crippen LogP contribution in [0.25, 0.3) is 0 Å². The minimum atomic E-state index is -1.02. The Morgan fingerprint density at radius 3 is 2.58 bits per heavy atom. The molecule has 1 N–H and O–H groups in total. The first-order valence-corrected chi connectivity index (χ1v) is 7.20. The van der Waals surface area contributed by atoms with Gasteiger partial charge in [0.2, 0.25) is 6.79 Å². The molecule has 0 bridgehead atoms. The summed E-state index contributed by atoms with van der Waals surface area (Å²) in [7, 11) is 0. The molecule has 6 nitrogen and oxygen atoms in total. The van der Waals surface area contributed by atoms with E-state index in [1.54, 1.807) is 18.2 Å². The summed E-state index contributed by atoms with van der Waals surface area (Å²) in [6.07, 6.45) is -1.02. The highest BCUT2D eigenvalue weighted by Gasteiger charge is 2.20. The normalized spacial score (nSPS) is 13.2. The molecule has 1 heterocycles. The van der Waals surface area contributed by atoms with Crippen molar-refractivity contribution in [1.29, 1.82) is 0 Å². The van der Waals surface area contributed by atoms with Crippen molar-refractivity contribution >= 4 is 17.6 Å². The van der Waals surface area contributed by atoms with E-state index in [4.69, 9.17) is 14.2 Å². The lowest BCUT2D eigenvalue weighted by molar-refractivity contribution is -0.123. The molecule has 2 aromatic carbocycles. The summed E-state index contributed by atoms with van der Waals surface area (Å²) < 4.78 is 28.3. The standard InChI is InChI=1S/C17H14FNO5/c1-10(24-17(21)11-2-4-12(18)5-3-11)16(20)19-13-6-7-14-15(8-13)23-9-22-14/h2-8,10H,9H2,1H3,(H,19,20). The second-order valence-corrected chi connectivity index (χ2v) is 5.11. The van der Waals surface area contributed by atoms with Crippen molar-refractivity contribution in [1.82, 2.24) is 0 Å². The molecule has 3 rings (SSSR count). The summed E-state index contributed by atoms with van der Waals surface area (Å²) in [6.45, 7) is 1.59. The van der Waals surface area contributed by atoms with Gasteiger partial charge < -0.3 is 19.5 Å². The predicted octanol–water partition coefficient (Wildman–Crippen LogP) is 2.74. The molecule has 0 radical (unpaired) electrons. The lowest BCUT2D eigenvalue weighted by atomic mass is 10.2. The van der Waals surface area contributed by atoms with Crippen LogP contribution in [0.4, 0.5) is 10.1 Å². The fourth-order valence-corrected chi connectivity index (χ4v) is 2.09. The van der Waals surface area contributed by atoms with E-state index in [9.17, 15) is 14.0 Å². The molecule has 0 aliphatic carbocycles. The SMILES string of the molecule is CC(OC(=O)c1ccc(F)cc1)C(=O)Nc1ccc2c(c1)OCO2. The van der Waals surface area contributed by atoms with Crippen molar-refractivity contribution < 1.29 is 28.2 Å². The van der Waals surface area contributed by atoms with Crippen molar-refractivity contribution in [2.24, 2.45) is 0 Å². The number of carbonyl (C=O) groups is 2. The van der Waals surface area contributed by atoms with E-state index in [2.05, 4.69) is 5.32 Å². The number of ether oxygens (including phenoxy) is 3. The molecule has 1 atom stereocenters. The number of hydrogen-bond acceptors (Lipinski definition) is 5. The van der Waals surface area contributed by atoms with Gasteiger partial charge in [0, 0.05) is 11.8 Å². The maximum Gasteiger partial charge on any atom is 0.338 e. The maximum atomic E-state index is 12.8. The monoisotopic (exact) mass is 331 g/mol. The van der Waals surface area contributed by atoms with Gasteiger partial charge >= 0.3 is 5.97 Å². The molecule has 1 amide bonds. The summed E-state index contributed by atoms with van der Waals surface area (Å²) in [5.41, 5.74) is 0.660. The first-order chi connectivity index (χ1) is 11.5. The van der Waals surface area contributed by atoms with Crippen molar-refractivity contribution in [3.8, 4) is 11.5 Å². The third kappa shape index (κ3) is 3.45. The van der Waals surface area contributed by atoms with Crippen LogP contribution in [0.3, 0.4) is 0 Å². The first-order valence-electron chi connectivity index (χ1n) is 7.20. The largest absolute Gasteiger partial charge is 0.454 e. The third-order valence-electron chi connectivity index (χ3n) is 3.37. The number of fused-ring (bicyclic) bond motifs is 1. The van der Waals surface area contributed by atoms with E-state index >= 15 is 0 Å². The van der Waals surface area contributed by atoms with Crippen molar-refractivity contribution in [2.45, 2.75) is 13.0 Å². The van der Waals surface area contributed by atoms with Gasteiger partial charge in [0.1, 0.15) is 5.82 Å². The Balaban J connectivity index is 1.60. The molecule has 7 heteroatoms. The highest BCUT2D eigenvalue weighted by molar-refractivity contribution is 5.97. The maximum absolute atomic E-state index is 12.8. The molecule has 124 valence electrons. The molecule has 1 aliphatic heterocycles. The zero-order valence-electron chi connectivity index (χ0n) is 12.7. The molecular weight excluding hydrogens is 317 g/mol. The molecular formula is C17H14FNO5. The number of amides is 1. The van der Waals surface area contributed by atoms with E-state index in [1.165, 1.54) is 19.1 Å². The molecule has 1 unspecified atom stereocenters. The molecule has 0 spiro atoms. The Morgan fingerprint density at radius 1 is 1.12 bits per heavy atom. The number of benzene rings is 2. The van der Waals surface area contributed by atoms with Crippen LogP contribution >= 0.6 is 0 Å². The first kappa shape index (κ1) is 15.8. The Labute approximate surface area is 137 Å². The van der Waals surface area contributed by atoms with E-state index in [-0.39, 0.29) is 12.4 Å². The summed E-state index contributed by atoms with van der Waals surface area (Å²) in [5.74, 6) is -0.527. The van der Waals surface area contributed by atoms with Gasteiger partial charge in [-0.3, -0.25) is 4.79 Å². The van der Waals surface area contributed by atoms with Crippen molar-refractivity contribution in [3.63, 3.8) is 0 Å². The predicted molar refractivity (Wildman–Crippen MR) is 82.5 cm³/mol. The van der Waals surface area contributed by atoms with E-state index < -0.39 is 23.8 Å². The Bertz CT molecular complexity index is 775. The number of anilines is 1.